The molecule has 25 heavy (non-hydrogen) atoms. The van der Waals surface area contributed by atoms with E-state index in [1.54, 1.807) is 18.2 Å². The number of carbonyl (C=O) groups excluding carboxylic acids is 1. The number of sulfone groups is 1. The van der Waals surface area contributed by atoms with Crippen LogP contribution in [0.5, 0.6) is 0 Å². The Morgan fingerprint density at radius 2 is 1.80 bits per heavy atom. The Kier molecular flexibility index (Phi) is 4.41. The molecule has 3 aromatic rings. The van der Waals surface area contributed by atoms with E-state index in [9.17, 15) is 13.2 Å². The standard InChI is InChI=1S/C18H17N3O3S/c1-12-6-8-13(9-7-12)16-11-17(21-20-16)18(22)19-14-4-3-5-15(10-14)25(2,23)24/h3-11H,1-2H3,(H,19,22)(H,20,21). The summed E-state index contributed by atoms with van der Waals surface area (Å²) < 4.78 is 23.2. The number of hydrogen-bond acceptors (Lipinski definition) is 4. The molecule has 2 N–H and O–H groups in total. The lowest BCUT2D eigenvalue weighted by Crippen LogP contribution is -2.12. The van der Waals surface area contributed by atoms with E-state index in [1.807, 2.05) is 31.2 Å². The largest absolute Gasteiger partial charge is 0.321 e. The molecule has 128 valence electrons. The molecule has 6 nitrogen and oxygen atoms in total. The highest BCUT2D eigenvalue weighted by Gasteiger charge is 2.13. The zero-order chi connectivity index (χ0) is 18.0. The molecule has 0 spiro atoms. The lowest BCUT2D eigenvalue weighted by atomic mass is 10.1. The number of aromatic nitrogens is 2. The average molecular weight is 355 g/mol. The average Bonchev–Trinajstić information content (AvgIpc) is 3.05. The minimum Gasteiger partial charge on any atom is -0.321 e. The SMILES string of the molecule is Cc1ccc(-c2cc(C(=O)Nc3cccc(S(C)(=O)=O)c3)[nH]n2)cc1. The summed E-state index contributed by atoms with van der Waals surface area (Å²) in [5, 5.41) is 9.53. The summed E-state index contributed by atoms with van der Waals surface area (Å²) in [5.41, 5.74) is 3.40. The third kappa shape index (κ3) is 3.95. The van der Waals surface area contributed by atoms with Gasteiger partial charge < -0.3 is 5.32 Å². The Morgan fingerprint density at radius 3 is 2.48 bits per heavy atom. The van der Waals surface area contributed by atoms with Crippen LogP contribution in [0, 0.1) is 6.92 Å². The molecule has 0 radical (unpaired) electrons. The molecule has 0 aliphatic carbocycles. The lowest BCUT2D eigenvalue weighted by Gasteiger charge is -2.05. The first-order chi connectivity index (χ1) is 11.8. The topological polar surface area (TPSA) is 91.9 Å². The highest BCUT2D eigenvalue weighted by Crippen LogP contribution is 2.20. The third-order valence-electron chi connectivity index (χ3n) is 3.69. The molecule has 0 atom stereocenters. The minimum absolute atomic E-state index is 0.148. The second kappa shape index (κ2) is 6.52. The summed E-state index contributed by atoms with van der Waals surface area (Å²) in [6.07, 6.45) is 1.12. The van der Waals surface area contributed by atoms with Gasteiger partial charge in [0.1, 0.15) is 5.69 Å². The lowest BCUT2D eigenvalue weighted by molar-refractivity contribution is 0.102. The van der Waals surface area contributed by atoms with E-state index in [0.717, 1.165) is 17.4 Å². The molecule has 1 heterocycles. The number of nitrogens with zero attached hydrogens (tertiary/aromatic N) is 1. The van der Waals surface area contributed by atoms with Crippen LogP contribution >= 0.6 is 0 Å². The highest BCUT2D eigenvalue weighted by atomic mass is 32.2. The molecule has 0 saturated carbocycles. The number of nitrogens with one attached hydrogen (secondary N) is 2. The third-order valence-corrected chi connectivity index (χ3v) is 4.80. The van der Waals surface area contributed by atoms with Gasteiger partial charge in [-0.3, -0.25) is 9.89 Å². The van der Waals surface area contributed by atoms with Crippen molar-refractivity contribution in [3.8, 4) is 11.3 Å². The van der Waals surface area contributed by atoms with Crippen LogP contribution in [0.25, 0.3) is 11.3 Å². The van der Waals surface area contributed by atoms with Crippen molar-refractivity contribution >= 4 is 21.4 Å². The maximum atomic E-state index is 12.3. The second-order valence-electron chi connectivity index (χ2n) is 5.79. The van der Waals surface area contributed by atoms with E-state index >= 15 is 0 Å². The summed E-state index contributed by atoms with van der Waals surface area (Å²) in [5.74, 6) is -0.392. The second-order valence-corrected chi connectivity index (χ2v) is 7.80. The van der Waals surface area contributed by atoms with Crippen molar-refractivity contribution in [1.29, 1.82) is 0 Å². The molecule has 0 fully saturated rings. The van der Waals surface area contributed by atoms with E-state index < -0.39 is 15.7 Å². The number of H-pyrrole nitrogens is 1. The van der Waals surface area contributed by atoms with Gasteiger partial charge in [-0.15, -0.1) is 0 Å². The molecule has 3 rings (SSSR count). The number of aromatic amines is 1. The monoisotopic (exact) mass is 355 g/mol. The minimum atomic E-state index is -3.33. The molecule has 0 saturated heterocycles. The Morgan fingerprint density at radius 1 is 1.08 bits per heavy atom. The smallest absolute Gasteiger partial charge is 0.273 e. The van der Waals surface area contributed by atoms with Crippen molar-refractivity contribution in [2.45, 2.75) is 11.8 Å². The molecule has 0 unspecified atom stereocenters. The first-order valence-electron chi connectivity index (χ1n) is 7.57. The van der Waals surface area contributed by atoms with Crippen LogP contribution in [0.1, 0.15) is 16.1 Å². The first-order valence-corrected chi connectivity index (χ1v) is 9.46. The number of rotatable bonds is 4. The summed E-state index contributed by atoms with van der Waals surface area (Å²) >= 11 is 0. The summed E-state index contributed by atoms with van der Waals surface area (Å²) in [4.78, 5) is 12.5. The Bertz CT molecular complexity index is 1020. The fourth-order valence-corrected chi connectivity index (χ4v) is 2.98. The van der Waals surface area contributed by atoms with E-state index in [1.165, 1.54) is 12.1 Å². The predicted molar refractivity (Wildman–Crippen MR) is 96.3 cm³/mol. The molecular formula is C18H17N3O3S. The molecule has 2 aromatic carbocycles. The van der Waals surface area contributed by atoms with Gasteiger partial charge in [-0.05, 0) is 31.2 Å². The van der Waals surface area contributed by atoms with E-state index in [0.29, 0.717) is 17.1 Å². The maximum Gasteiger partial charge on any atom is 0.273 e. The van der Waals surface area contributed by atoms with Gasteiger partial charge >= 0.3 is 0 Å². The van der Waals surface area contributed by atoms with Crippen molar-refractivity contribution in [2.75, 3.05) is 11.6 Å². The number of hydrogen-bond donors (Lipinski definition) is 2. The van der Waals surface area contributed by atoms with Crippen LogP contribution in [0.3, 0.4) is 0 Å². The van der Waals surface area contributed by atoms with Crippen LogP contribution in [-0.4, -0.2) is 30.8 Å². The first kappa shape index (κ1) is 16.9. The van der Waals surface area contributed by atoms with Gasteiger partial charge in [0.2, 0.25) is 0 Å². The van der Waals surface area contributed by atoms with Crippen molar-refractivity contribution in [3.63, 3.8) is 0 Å². The fourth-order valence-electron chi connectivity index (χ4n) is 2.31. The van der Waals surface area contributed by atoms with Crippen LogP contribution in [0.15, 0.2) is 59.5 Å². The van der Waals surface area contributed by atoms with Crippen molar-refractivity contribution in [3.05, 3.63) is 65.9 Å². The Hall–Kier alpha value is -2.93. The molecule has 1 aromatic heterocycles. The fraction of sp³-hybridized carbons (Fsp3) is 0.111. The van der Waals surface area contributed by atoms with Gasteiger partial charge in [-0.2, -0.15) is 5.10 Å². The van der Waals surface area contributed by atoms with Gasteiger partial charge in [0.05, 0.1) is 10.6 Å². The van der Waals surface area contributed by atoms with E-state index in [-0.39, 0.29) is 4.90 Å². The zero-order valence-corrected chi connectivity index (χ0v) is 14.6. The van der Waals surface area contributed by atoms with Gasteiger partial charge in [-0.25, -0.2) is 8.42 Å². The van der Waals surface area contributed by atoms with Gasteiger partial charge in [-0.1, -0.05) is 35.9 Å². The molecule has 0 aliphatic heterocycles. The van der Waals surface area contributed by atoms with Crippen molar-refractivity contribution in [2.24, 2.45) is 0 Å². The van der Waals surface area contributed by atoms with Crippen LogP contribution < -0.4 is 5.32 Å². The summed E-state index contributed by atoms with van der Waals surface area (Å²) in [6.45, 7) is 2.00. The Labute approximate surface area is 145 Å². The number of anilines is 1. The van der Waals surface area contributed by atoms with Gasteiger partial charge in [0.25, 0.3) is 5.91 Å². The van der Waals surface area contributed by atoms with E-state index in [2.05, 4.69) is 15.5 Å². The quantitative estimate of drug-likeness (QED) is 0.752. The van der Waals surface area contributed by atoms with Gasteiger partial charge in [0, 0.05) is 17.5 Å². The number of benzene rings is 2. The molecule has 0 bridgehead atoms. The van der Waals surface area contributed by atoms with Crippen LogP contribution in [0.2, 0.25) is 0 Å². The van der Waals surface area contributed by atoms with Gasteiger partial charge in [0.15, 0.2) is 9.84 Å². The number of amides is 1. The van der Waals surface area contributed by atoms with Crippen molar-refractivity contribution < 1.29 is 13.2 Å². The number of carbonyl (C=O) groups is 1. The van der Waals surface area contributed by atoms with Crippen LogP contribution in [0.4, 0.5) is 5.69 Å². The molecule has 7 heteroatoms. The Balaban J connectivity index is 1.80. The predicted octanol–water partition coefficient (Wildman–Crippen LogP) is 3.04. The molecule has 1 amide bonds. The summed E-state index contributed by atoms with van der Waals surface area (Å²) in [7, 11) is -3.33. The molecular weight excluding hydrogens is 338 g/mol. The maximum absolute atomic E-state index is 12.3. The summed E-state index contributed by atoms with van der Waals surface area (Å²) in [6, 6.07) is 15.6. The van der Waals surface area contributed by atoms with Crippen LogP contribution in [-0.2, 0) is 9.84 Å². The normalized spacial score (nSPS) is 11.3. The van der Waals surface area contributed by atoms with E-state index in [4.69, 9.17) is 0 Å². The zero-order valence-electron chi connectivity index (χ0n) is 13.8. The molecule has 0 aliphatic rings. The number of aryl methyl sites for hydroxylation is 1. The van der Waals surface area contributed by atoms with Crippen molar-refractivity contribution in [1.82, 2.24) is 10.2 Å². The highest BCUT2D eigenvalue weighted by molar-refractivity contribution is 7.90.